The summed E-state index contributed by atoms with van der Waals surface area (Å²) in [6, 6.07) is 108. The summed E-state index contributed by atoms with van der Waals surface area (Å²) in [5, 5.41) is 0. The number of benzene rings is 12. The molecule has 0 aromatic heterocycles. The van der Waals surface area contributed by atoms with Crippen LogP contribution in [0.25, 0.3) is 77.9 Å². The maximum atomic E-state index is 2.44. The highest BCUT2D eigenvalue weighted by Crippen LogP contribution is 2.52. The molecule has 0 saturated carbocycles. The second-order valence-corrected chi connectivity index (χ2v) is 21.0. The highest BCUT2D eigenvalue weighted by molar-refractivity contribution is 5.96. The minimum atomic E-state index is -0.152. The second-order valence-electron chi connectivity index (χ2n) is 21.0. The van der Waals surface area contributed by atoms with E-state index in [4.69, 9.17) is 0 Å². The van der Waals surface area contributed by atoms with Crippen LogP contribution in [0.15, 0.2) is 297 Å². The predicted octanol–water partition coefficient (Wildman–Crippen LogP) is 21.2. The molecule has 0 unspecified atom stereocenters. The first-order valence-corrected chi connectivity index (χ1v) is 27.1. The van der Waals surface area contributed by atoms with Gasteiger partial charge in [0.15, 0.2) is 0 Å². The van der Waals surface area contributed by atoms with Crippen LogP contribution in [-0.4, -0.2) is 0 Å². The van der Waals surface area contributed by atoms with Crippen molar-refractivity contribution in [3.8, 4) is 77.9 Å². The lowest BCUT2D eigenvalue weighted by Gasteiger charge is -2.28. The predicted molar refractivity (Wildman–Crippen MR) is 331 cm³/mol. The number of hydrogen-bond donors (Lipinski definition) is 0. The fourth-order valence-corrected chi connectivity index (χ4v) is 11.8. The van der Waals surface area contributed by atoms with E-state index in [2.05, 4.69) is 328 Å². The van der Waals surface area contributed by atoms with Gasteiger partial charge in [-0.25, -0.2) is 0 Å². The van der Waals surface area contributed by atoms with E-state index in [9.17, 15) is 0 Å². The first-order chi connectivity index (χ1) is 38.4. The van der Waals surface area contributed by atoms with Gasteiger partial charge in [-0.2, -0.15) is 0 Å². The molecular formula is C76H58N2. The van der Waals surface area contributed by atoms with Gasteiger partial charge in [0.1, 0.15) is 0 Å². The Morgan fingerprint density at radius 3 is 0.962 bits per heavy atom. The number of rotatable bonds is 12. The van der Waals surface area contributed by atoms with Gasteiger partial charge >= 0.3 is 0 Å². The zero-order valence-corrected chi connectivity index (χ0v) is 44.2. The normalized spacial score (nSPS) is 12.1. The van der Waals surface area contributed by atoms with Crippen molar-refractivity contribution in [3.05, 3.63) is 314 Å². The van der Waals surface area contributed by atoms with Crippen molar-refractivity contribution in [3.63, 3.8) is 0 Å². The van der Waals surface area contributed by atoms with Crippen molar-refractivity contribution in [1.82, 2.24) is 0 Å². The van der Waals surface area contributed by atoms with E-state index in [1.165, 1.54) is 83.5 Å². The molecule has 372 valence electrons. The fraction of sp³-hybridized carbons (Fsp3) is 0.0526. The van der Waals surface area contributed by atoms with Crippen molar-refractivity contribution in [2.75, 3.05) is 9.80 Å². The number of aryl methyl sites for hydroxylation is 1. The molecule has 2 nitrogen and oxygen atoms in total. The number of fused-ring (bicyclic) bond motifs is 3. The highest BCUT2D eigenvalue weighted by atomic mass is 15.1. The van der Waals surface area contributed by atoms with Crippen LogP contribution in [0.5, 0.6) is 0 Å². The standard InChI is InChI=1S/C76H58N2/c1-53-20-19-31-73-75(53)68-49-48-67(50-74(68)76(73,2)3)78(65-42-36-57(37-43-65)56-34-32-55(33-35-56)54-21-9-4-10-22-54)66-46-40-61(41-47-66)72-52-69(58-23-11-5-12-24-58)71(51-70(72)59-25-13-6-14-26-59)60-38-44-64(45-39-60)77(62-27-15-7-16-28-62)63-29-17-8-18-30-63/h4-52H,1-3H3. The summed E-state index contributed by atoms with van der Waals surface area (Å²) < 4.78 is 0. The summed E-state index contributed by atoms with van der Waals surface area (Å²) in [6.45, 7) is 6.99. The van der Waals surface area contributed by atoms with Gasteiger partial charge in [0, 0.05) is 39.5 Å². The number of nitrogens with zero attached hydrogens (tertiary/aromatic N) is 2. The summed E-state index contributed by atoms with van der Waals surface area (Å²) in [5.41, 5.74) is 27.4. The van der Waals surface area contributed by atoms with E-state index >= 15 is 0 Å². The van der Waals surface area contributed by atoms with Gasteiger partial charge in [0.2, 0.25) is 0 Å². The second kappa shape index (κ2) is 20.4. The SMILES string of the molecule is Cc1cccc2c1-c1ccc(N(c3ccc(-c4ccc(-c5ccccc5)cc4)cc3)c3ccc(-c4cc(-c5ccccc5)c(-c5ccc(N(c6ccccc6)c6ccccc6)cc5)cc4-c4ccccc4)cc3)cc1C2(C)C. The van der Waals surface area contributed by atoms with Gasteiger partial charge in [-0.3, -0.25) is 0 Å². The molecule has 0 heterocycles. The Labute approximate surface area is 459 Å². The Balaban J connectivity index is 0.915. The van der Waals surface area contributed by atoms with E-state index in [1.807, 2.05) is 0 Å². The number of hydrogen-bond acceptors (Lipinski definition) is 2. The van der Waals surface area contributed by atoms with E-state index in [0.717, 1.165) is 45.3 Å². The topological polar surface area (TPSA) is 6.48 Å². The molecule has 12 aromatic rings. The molecule has 0 fully saturated rings. The van der Waals surface area contributed by atoms with Gasteiger partial charge in [-0.15, -0.1) is 0 Å². The van der Waals surface area contributed by atoms with Crippen LogP contribution in [0.2, 0.25) is 0 Å². The molecule has 0 radical (unpaired) electrons. The van der Waals surface area contributed by atoms with Crippen LogP contribution in [0.3, 0.4) is 0 Å². The summed E-state index contributed by atoms with van der Waals surface area (Å²) in [6.07, 6.45) is 0. The van der Waals surface area contributed by atoms with Gasteiger partial charge in [0.05, 0.1) is 0 Å². The molecule has 0 saturated heterocycles. The maximum Gasteiger partial charge on any atom is 0.0465 e. The molecule has 2 heteroatoms. The Morgan fingerprint density at radius 1 is 0.231 bits per heavy atom. The zero-order valence-electron chi connectivity index (χ0n) is 44.2. The molecule has 1 aliphatic carbocycles. The van der Waals surface area contributed by atoms with E-state index in [0.29, 0.717) is 0 Å². The molecular weight excluding hydrogens is 941 g/mol. The molecule has 0 spiro atoms. The van der Waals surface area contributed by atoms with Gasteiger partial charge in [0.25, 0.3) is 0 Å². The molecule has 13 rings (SSSR count). The van der Waals surface area contributed by atoms with Crippen LogP contribution >= 0.6 is 0 Å². The molecule has 0 N–H and O–H groups in total. The van der Waals surface area contributed by atoms with Crippen molar-refractivity contribution in [2.24, 2.45) is 0 Å². The summed E-state index contributed by atoms with van der Waals surface area (Å²) in [7, 11) is 0. The number of anilines is 6. The van der Waals surface area contributed by atoms with Crippen LogP contribution in [-0.2, 0) is 5.41 Å². The smallest absolute Gasteiger partial charge is 0.0465 e. The van der Waals surface area contributed by atoms with Gasteiger partial charge < -0.3 is 9.80 Å². The Bertz CT molecular complexity index is 4000. The lowest BCUT2D eigenvalue weighted by Crippen LogP contribution is -2.16. The quantitative estimate of drug-likeness (QED) is 0.120. The first kappa shape index (κ1) is 47.9. The molecule has 0 bridgehead atoms. The zero-order chi connectivity index (χ0) is 52.6. The average molecular weight is 999 g/mol. The lowest BCUT2D eigenvalue weighted by atomic mass is 9.82. The first-order valence-electron chi connectivity index (χ1n) is 27.1. The fourth-order valence-electron chi connectivity index (χ4n) is 11.8. The maximum absolute atomic E-state index is 2.44. The summed E-state index contributed by atoms with van der Waals surface area (Å²) >= 11 is 0. The van der Waals surface area contributed by atoms with Crippen LogP contribution in [0.1, 0.15) is 30.5 Å². The van der Waals surface area contributed by atoms with Crippen LogP contribution in [0.4, 0.5) is 34.1 Å². The third kappa shape index (κ3) is 8.97. The Morgan fingerprint density at radius 2 is 0.538 bits per heavy atom. The van der Waals surface area contributed by atoms with Gasteiger partial charge in [-0.1, -0.05) is 226 Å². The van der Waals surface area contributed by atoms with E-state index in [1.54, 1.807) is 0 Å². The van der Waals surface area contributed by atoms with E-state index in [-0.39, 0.29) is 5.41 Å². The van der Waals surface area contributed by atoms with E-state index < -0.39 is 0 Å². The Hall–Kier alpha value is -9.76. The average Bonchev–Trinajstić information content (AvgIpc) is 3.87. The third-order valence-corrected chi connectivity index (χ3v) is 15.8. The monoisotopic (exact) mass is 998 g/mol. The van der Waals surface area contributed by atoms with Crippen molar-refractivity contribution < 1.29 is 0 Å². The van der Waals surface area contributed by atoms with Crippen molar-refractivity contribution >= 4 is 34.1 Å². The Kier molecular flexibility index (Phi) is 12.5. The van der Waals surface area contributed by atoms with Crippen LogP contribution < -0.4 is 9.80 Å². The molecule has 0 amide bonds. The van der Waals surface area contributed by atoms with Crippen molar-refractivity contribution in [2.45, 2.75) is 26.2 Å². The molecule has 0 atom stereocenters. The largest absolute Gasteiger partial charge is 0.311 e. The lowest BCUT2D eigenvalue weighted by molar-refractivity contribution is 0.660. The molecule has 12 aromatic carbocycles. The molecule has 1 aliphatic rings. The molecule has 78 heavy (non-hydrogen) atoms. The minimum Gasteiger partial charge on any atom is -0.311 e. The van der Waals surface area contributed by atoms with Crippen molar-refractivity contribution in [1.29, 1.82) is 0 Å². The van der Waals surface area contributed by atoms with Crippen LogP contribution in [0, 0.1) is 6.92 Å². The molecule has 0 aliphatic heterocycles. The highest BCUT2D eigenvalue weighted by Gasteiger charge is 2.37. The third-order valence-electron chi connectivity index (χ3n) is 15.8. The summed E-state index contributed by atoms with van der Waals surface area (Å²) in [5.74, 6) is 0. The summed E-state index contributed by atoms with van der Waals surface area (Å²) in [4.78, 5) is 4.74. The number of para-hydroxylation sites is 2. The minimum absolute atomic E-state index is 0.152. The van der Waals surface area contributed by atoms with Gasteiger partial charge in [-0.05, 0) is 186 Å².